The molecule has 4 aromatic carbocycles. The second kappa shape index (κ2) is 9.39. The van der Waals surface area contributed by atoms with Crippen molar-refractivity contribution >= 4 is 10.1 Å². The van der Waals surface area contributed by atoms with Crippen molar-refractivity contribution in [1.82, 2.24) is 0 Å². The average molecular weight is 445 g/mol. The van der Waals surface area contributed by atoms with E-state index in [4.69, 9.17) is 0 Å². The predicted octanol–water partition coefficient (Wildman–Crippen LogP) is 5.41. The highest BCUT2D eigenvalue weighted by molar-refractivity contribution is 7.86. The molecular formula is C27H24O4S. The average Bonchev–Trinajstić information content (AvgIpc) is 2.77. The number of aromatic hydroxyl groups is 1. The van der Waals surface area contributed by atoms with Gasteiger partial charge in [0.1, 0.15) is 10.6 Å². The van der Waals surface area contributed by atoms with E-state index in [1.54, 1.807) is 0 Å². The van der Waals surface area contributed by atoms with Gasteiger partial charge in [0.05, 0.1) is 0 Å². The van der Waals surface area contributed by atoms with Crippen molar-refractivity contribution < 1.29 is 18.1 Å². The molecule has 0 saturated carbocycles. The quantitative estimate of drug-likeness (QED) is 0.374. The van der Waals surface area contributed by atoms with Gasteiger partial charge in [-0.2, -0.15) is 8.42 Å². The Morgan fingerprint density at radius 3 is 1.44 bits per heavy atom. The molecule has 162 valence electrons. The third-order valence-electron chi connectivity index (χ3n) is 5.51. The highest BCUT2D eigenvalue weighted by Gasteiger charge is 2.26. The van der Waals surface area contributed by atoms with Crippen molar-refractivity contribution in [3.05, 3.63) is 130 Å². The largest absolute Gasteiger partial charge is 0.506 e. The maximum Gasteiger partial charge on any atom is 0.298 e. The molecule has 2 N–H and O–H groups in total. The van der Waals surface area contributed by atoms with Crippen molar-refractivity contribution in [2.75, 3.05) is 0 Å². The molecule has 0 aliphatic rings. The Kier molecular flexibility index (Phi) is 6.40. The van der Waals surface area contributed by atoms with Gasteiger partial charge in [-0.3, -0.25) is 4.55 Å². The molecule has 0 unspecified atom stereocenters. The standard InChI is InChI=1S/C27H24O4S/c28-26-19-23(16-20-10-4-1-5-11-20)24(17-21-12-6-2-7-13-21)25(27(26)32(29,30)31)18-22-14-8-3-9-15-22/h1-15,19,28H,16-18H2,(H,29,30,31). The van der Waals surface area contributed by atoms with Crippen LogP contribution in [0.25, 0.3) is 0 Å². The first-order valence-electron chi connectivity index (χ1n) is 10.4. The molecule has 0 spiro atoms. The van der Waals surface area contributed by atoms with E-state index in [1.807, 2.05) is 91.0 Å². The number of phenolic OH excluding ortho intramolecular Hbond substituents is 1. The van der Waals surface area contributed by atoms with E-state index in [1.165, 1.54) is 6.07 Å². The lowest BCUT2D eigenvalue weighted by molar-refractivity contribution is 0.440. The molecule has 0 bridgehead atoms. The topological polar surface area (TPSA) is 74.6 Å². The van der Waals surface area contributed by atoms with Gasteiger partial charge < -0.3 is 5.11 Å². The van der Waals surface area contributed by atoms with Gasteiger partial charge in [0.2, 0.25) is 0 Å². The number of hydrogen-bond donors (Lipinski definition) is 2. The predicted molar refractivity (Wildman–Crippen MR) is 126 cm³/mol. The van der Waals surface area contributed by atoms with Crippen molar-refractivity contribution in [2.24, 2.45) is 0 Å². The molecule has 0 fully saturated rings. The Morgan fingerprint density at radius 1 is 0.594 bits per heavy atom. The normalized spacial score (nSPS) is 11.4. The first-order valence-corrected chi connectivity index (χ1v) is 11.8. The summed E-state index contributed by atoms with van der Waals surface area (Å²) in [6.45, 7) is 0. The maximum atomic E-state index is 12.3. The van der Waals surface area contributed by atoms with Gasteiger partial charge in [-0.05, 0) is 58.7 Å². The lowest BCUT2D eigenvalue weighted by Gasteiger charge is -2.20. The van der Waals surface area contributed by atoms with E-state index >= 15 is 0 Å². The Bertz CT molecular complexity index is 1300. The van der Waals surface area contributed by atoms with Crippen LogP contribution in [-0.2, 0) is 29.4 Å². The number of phenols is 1. The molecule has 0 aliphatic heterocycles. The Hall–Kier alpha value is -3.41. The molecule has 0 aliphatic carbocycles. The minimum atomic E-state index is -4.64. The Morgan fingerprint density at radius 2 is 1.00 bits per heavy atom. The highest BCUT2D eigenvalue weighted by atomic mass is 32.2. The van der Waals surface area contributed by atoms with Crippen LogP contribution >= 0.6 is 0 Å². The number of hydrogen-bond acceptors (Lipinski definition) is 3. The van der Waals surface area contributed by atoms with Gasteiger partial charge in [-0.25, -0.2) is 0 Å². The van der Waals surface area contributed by atoms with Gasteiger partial charge in [0, 0.05) is 0 Å². The molecule has 0 aromatic heterocycles. The fraction of sp³-hybridized carbons (Fsp3) is 0.111. The Balaban J connectivity index is 1.95. The zero-order chi connectivity index (χ0) is 22.6. The molecule has 0 heterocycles. The first kappa shape index (κ1) is 21.8. The van der Waals surface area contributed by atoms with Gasteiger partial charge >= 0.3 is 0 Å². The number of benzene rings is 4. The molecule has 4 aromatic rings. The second-order valence-electron chi connectivity index (χ2n) is 7.80. The fourth-order valence-corrected chi connectivity index (χ4v) is 4.90. The molecule has 5 heteroatoms. The van der Waals surface area contributed by atoms with E-state index in [2.05, 4.69) is 0 Å². The summed E-state index contributed by atoms with van der Waals surface area (Å²) in [6, 6.07) is 30.5. The zero-order valence-corrected chi connectivity index (χ0v) is 18.3. The van der Waals surface area contributed by atoms with Gasteiger partial charge in [0.15, 0.2) is 0 Å². The molecule has 0 saturated heterocycles. The Labute approximate surface area is 188 Å². The fourth-order valence-electron chi connectivity index (χ4n) is 4.07. The summed E-state index contributed by atoms with van der Waals surface area (Å²) >= 11 is 0. The second-order valence-corrected chi connectivity index (χ2v) is 9.16. The molecular weight excluding hydrogens is 420 g/mol. The van der Waals surface area contributed by atoms with E-state index in [0.717, 1.165) is 27.8 Å². The van der Waals surface area contributed by atoms with Crippen molar-refractivity contribution in [2.45, 2.75) is 24.2 Å². The molecule has 0 atom stereocenters. The van der Waals surface area contributed by atoms with Crippen LogP contribution in [0.2, 0.25) is 0 Å². The van der Waals surface area contributed by atoms with Crippen molar-refractivity contribution in [3.8, 4) is 5.75 Å². The summed E-state index contributed by atoms with van der Waals surface area (Å²) in [5, 5.41) is 10.7. The smallest absolute Gasteiger partial charge is 0.298 e. The third-order valence-corrected chi connectivity index (χ3v) is 6.48. The van der Waals surface area contributed by atoms with Crippen LogP contribution in [0.3, 0.4) is 0 Å². The summed E-state index contributed by atoms with van der Waals surface area (Å²) in [7, 11) is -4.64. The van der Waals surface area contributed by atoms with Crippen LogP contribution in [0.4, 0.5) is 0 Å². The molecule has 4 rings (SSSR count). The van der Waals surface area contributed by atoms with Gasteiger partial charge in [-0.1, -0.05) is 91.0 Å². The van der Waals surface area contributed by atoms with Gasteiger partial charge in [0.25, 0.3) is 10.1 Å². The van der Waals surface area contributed by atoms with Crippen LogP contribution in [0.1, 0.15) is 33.4 Å². The summed E-state index contributed by atoms with van der Waals surface area (Å²) in [5.74, 6) is -0.429. The van der Waals surface area contributed by atoms with Crippen LogP contribution in [-0.4, -0.2) is 18.1 Å². The molecule has 0 radical (unpaired) electrons. The molecule has 4 nitrogen and oxygen atoms in total. The zero-order valence-electron chi connectivity index (χ0n) is 17.5. The maximum absolute atomic E-state index is 12.3. The summed E-state index contributed by atoms with van der Waals surface area (Å²) < 4.78 is 34.7. The van der Waals surface area contributed by atoms with E-state index in [9.17, 15) is 18.1 Å². The minimum absolute atomic E-state index is 0.272. The van der Waals surface area contributed by atoms with E-state index < -0.39 is 20.8 Å². The van der Waals surface area contributed by atoms with Crippen LogP contribution in [0.5, 0.6) is 5.75 Å². The minimum Gasteiger partial charge on any atom is -0.506 e. The highest BCUT2D eigenvalue weighted by Crippen LogP contribution is 2.36. The van der Waals surface area contributed by atoms with E-state index in [-0.39, 0.29) is 6.42 Å². The SMILES string of the molecule is O=S(=O)(O)c1c(O)cc(Cc2ccccc2)c(Cc2ccccc2)c1Cc1ccccc1. The molecule has 0 amide bonds. The summed E-state index contributed by atoms with van der Waals surface area (Å²) in [4.78, 5) is -0.413. The third kappa shape index (κ3) is 5.07. The van der Waals surface area contributed by atoms with Crippen LogP contribution in [0.15, 0.2) is 102 Å². The van der Waals surface area contributed by atoms with Gasteiger partial charge in [-0.15, -0.1) is 0 Å². The lowest BCUT2D eigenvalue weighted by atomic mass is 9.88. The molecule has 32 heavy (non-hydrogen) atoms. The summed E-state index contributed by atoms with van der Waals surface area (Å²) in [5.41, 5.74) is 5.01. The first-order chi connectivity index (χ1) is 15.4. The van der Waals surface area contributed by atoms with E-state index in [0.29, 0.717) is 18.4 Å². The van der Waals surface area contributed by atoms with Crippen LogP contribution < -0.4 is 0 Å². The van der Waals surface area contributed by atoms with Crippen LogP contribution in [0, 0.1) is 0 Å². The lowest BCUT2D eigenvalue weighted by Crippen LogP contribution is -2.11. The summed E-state index contributed by atoms with van der Waals surface area (Å²) in [6.07, 6.45) is 1.28. The van der Waals surface area contributed by atoms with Crippen molar-refractivity contribution in [3.63, 3.8) is 0 Å². The monoisotopic (exact) mass is 444 g/mol. The number of rotatable bonds is 7. The van der Waals surface area contributed by atoms with Crippen molar-refractivity contribution in [1.29, 1.82) is 0 Å².